The predicted molar refractivity (Wildman–Crippen MR) is 58.8 cm³/mol. The third kappa shape index (κ3) is 2.27. The monoisotopic (exact) mass is 206 g/mol. The Morgan fingerprint density at radius 3 is 3.00 bits per heavy atom. The summed E-state index contributed by atoms with van der Waals surface area (Å²) in [4.78, 5) is 4.23. The number of aliphatic hydroxyl groups excluding tert-OH is 1. The van der Waals surface area contributed by atoms with Gasteiger partial charge in [0.05, 0.1) is 6.10 Å². The first kappa shape index (κ1) is 9.98. The molecule has 0 fully saturated rings. The van der Waals surface area contributed by atoms with E-state index in [1.165, 1.54) is 0 Å². The van der Waals surface area contributed by atoms with E-state index in [0.717, 1.165) is 11.1 Å². The van der Waals surface area contributed by atoms with Crippen molar-refractivity contribution < 1.29 is 9.52 Å². The highest BCUT2D eigenvalue weighted by molar-refractivity contribution is 5.74. The molecule has 4 heteroatoms. The molecule has 1 aromatic heterocycles. The molecule has 0 aliphatic heterocycles. The van der Waals surface area contributed by atoms with Gasteiger partial charge in [-0.15, -0.1) is 0 Å². The maximum atomic E-state index is 9.36. The van der Waals surface area contributed by atoms with Gasteiger partial charge in [0.1, 0.15) is 5.52 Å². The van der Waals surface area contributed by atoms with Gasteiger partial charge < -0.3 is 14.8 Å². The first-order valence-corrected chi connectivity index (χ1v) is 5.07. The highest BCUT2D eigenvalue weighted by Crippen LogP contribution is 2.17. The van der Waals surface area contributed by atoms with E-state index in [4.69, 9.17) is 4.42 Å². The number of rotatable bonds is 4. The second-order valence-electron chi connectivity index (χ2n) is 3.43. The molecule has 2 rings (SSSR count). The van der Waals surface area contributed by atoms with Crippen LogP contribution in [0.1, 0.15) is 13.3 Å². The van der Waals surface area contributed by atoms with Crippen molar-refractivity contribution in [3.8, 4) is 0 Å². The molecule has 1 heterocycles. The molecule has 2 aromatic rings. The lowest BCUT2D eigenvalue weighted by atomic mass is 10.3. The average molecular weight is 206 g/mol. The van der Waals surface area contributed by atoms with Crippen molar-refractivity contribution >= 4 is 17.1 Å². The number of hydrogen-bond acceptors (Lipinski definition) is 4. The molecule has 0 saturated carbocycles. The number of oxazole rings is 1. The second kappa shape index (κ2) is 4.31. The van der Waals surface area contributed by atoms with Gasteiger partial charge in [0, 0.05) is 6.54 Å². The quantitative estimate of drug-likeness (QED) is 0.803. The third-order valence-electron chi connectivity index (χ3n) is 2.25. The minimum atomic E-state index is -0.361. The van der Waals surface area contributed by atoms with Crippen LogP contribution in [0.2, 0.25) is 0 Å². The summed E-state index contributed by atoms with van der Waals surface area (Å²) in [6.07, 6.45) is 0.354. The highest BCUT2D eigenvalue weighted by Gasteiger charge is 2.06. The Morgan fingerprint density at radius 2 is 2.27 bits per heavy atom. The molecule has 0 bridgehead atoms. The SMILES string of the molecule is CCC(O)CNc1nc2ccccc2o1. The van der Waals surface area contributed by atoms with Gasteiger partial charge in [0.15, 0.2) is 5.58 Å². The van der Waals surface area contributed by atoms with Crippen LogP contribution in [0, 0.1) is 0 Å². The molecule has 4 nitrogen and oxygen atoms in total. The van der Waals surface area contributed by atoms with E-state index in [2.05, 4.69) is 10.3 Å². The van der Waals surface area contributed by atoms with Gasteiger partial charge >= 0.3 is 0 Å². The van der Waals surface area contributed by atoms with Gasteiger partial charge in [-0.3, -0.25) is 0 Å². The number of nitrogens with one attached hydrogen (secondary N) is 1. The smallest absolute Gasteiger partial charge is 0.295 e. The molecule has 0 radical (unpaired) electrons. The molecule has 0 saturated heterocycles. The van der Waals surface area contributed by atoms with Crippen molar-refractivity contribution in [2.75, 3.05) is 11.9 Å². The maximum absolute atomic E-state index is 9.36. The number of hydrogen-bond donors (Lipinski definition) is 2. The average Bonchev–Trinajstić information content (AvgIpc) is 2.68. The Hall–Kier alpha value is -1.55. The summed E-state index contributed by atoms with van der Waals surface area (Å²) in [5.74, 6) is 0. The van der Waals surface area contributed by atoms with Crippen LogP contribution in [0.25, 0.3) is 11.1 Å². The summed E-state index contributed by atoms with van der Waals surface area (Å²) < 4.78 is 5.43. The van der Waals surface area contributed by atoms with E-state index >= 15 is 0 Å². The summed E-state index contributed by atoms with van der Waals surface area (Å²) in [5.41, 5.74) is 1.58. The van der Waals surface area contributed by atoms with Crippen LogP contribution >= 0.6 is 0 Å². The van der Waals surface area contributed by atoms with E-state index in [9.17, 15) is 5.11 Å². The minimum absolute atomic E-state index is 0.361. The minimum Gasteiger partial charge on any atom is -0.424 e. The molecule has 15 heavy (non-hydrogen) atoms. The number of aromatic nitrogens is 1. The molecular weight excluding hydrogens is 192 g/mol. The van der Waals surface area contributed by atoms with Crippen LogP contribution in [-0.2, 0) is 0 Å². The van der Waals surface area contributed by atoms with E-state index in [1.807, 2.05) is 31.2 Å². The van der Waals surface area contributed by atoms with Crippen molar-refractivity contribution in [3.63, 3.8) is 0 Å². The van der Waals surface area contributed by atoms with Gasteiger partial charge in [-0.2, -0.15) is 4.98 Å². The Morgan fingerprint density at radius 1 is 1.47 bits per heavy atom. The van der Waals surface area contributed by atoms with Gasteiger partial charge in [0.2, 0.25) is 0 Å². The second-order valence-corrected chi connectivity index (χ2v) is 3.43. The van der Waals surface area contributed by atoms with Crippen molar-refractivity contribution in [3.05, 3.63) is 24.3 Å². The fourth-order valence-corrected chi connectivity index (χ4v) is 1.30. The van der Waals surface area contributed by atoms with Crippen LogP contribution in [0.15, 0.2) is 28.7 Å². The normalized spacial score (nSPS) is 12.9. The molecule has 1 unspecified atom stereocenters. The lowest BCUT2D eigenvalue weighted by molar-refractivity contribution is 0.182. The molecule has 2 N–H and O–H groups in total. The zero-order chi connectivity index (χ0) is 10.7. The molecule has 0 spiro atoms. The highest BCUT2D eigenvalue weighted by atomic mass is 16.4. The Kier molecular flexibility index (Phi) is 2.87. The summed E-state index contributed by atoms with van der Waals surface area (Å²) in [7, 11) is 0. The molecular formula is C11H14N2O2. The lowest BCUT2D eigenvalue weighted by Crippen LogP contribution is -2.18. The van der Waals surface area contributed by atoms with Crippen LogP contribution in [0.5, 0.6) is 0 Å². The summed E-state index contributed by atoms with van der Waals surface area (Å²) in [5, 5.41) is 12.3. The molecule has 0 aliphatic rings. The van der Waals surface area contributed by atoms with Crippen molar-refractivity contribution in [2.45, 2.75) is 19.4 Å². The number of nitrogens with zero attached hydrogens (tertiary/aromatic N) is 1. The zero-order valence-electron chi connectivity index (χ0n) is 8.60. The number of benzene rings is 1. The first-order chi connectivity index (χ1) is 7.29. The fraction of sp³-hybridized carbons (Fsp3) is 0.364. The summed E-state index contributed by atoms with van der Waals surface area (Å²) in [6, 6.07) is 8.03. The fourth-order valence-electron chi connectivity index (χ4n) is 1.30. The predicted octanol–water partition coefficient (Wildman–Crippen LogP) is 2.01. The maximum Gasteiger partial charge on any atom is 0.295 e. The van der Waals surface area contributed by atoms with Crippen LogP contribution < -0.4 is 5.32 Å². The molecule has 1 atom stereocenters. The van der Waals surface area contributed by atoms with E-state index in [-0.39, 0.29) is 6.10 Å². The van der Waals surface area contributed by atoms with Crippen LogP contribution in [-0.4, -0.2) is 22.7 Å². The van der Waals surface area contributed by atoms with Crippen molar-refractivity contribution in [2.24, 2.45) is 0 Å². The Bertz CT molecular complexity index is 406. The van der Waals surface area contributed by atoms with Crippen molar-refractivity contribution in [1.82, 2.24) is 4.98 Å². The Labute approximate surface area is 87.9 Å². The van der Waals surface area contributed by atoms with E-state index in [1.54, 1.807) is 0 Å². The zero-order valence-corrected chi connectivity index (χ0v) is 8.60. The molecule has 80 valence electrons. The van der Waals surface area contributed by atoms with Crippen molar-refractivity contribution in [1.29, 1.82) is 0 Å². The summed E-state index contributed by atoms with van der Waals surface area (Å²) in [6.45, 7) is 2.39. The Balaban J connectivity index is 2.09. The largest absolute Gasteiger partial charge is 0.424 e. The number of para-hydroxylation sites is 2. The number of fused-ring (bicyclic) bond motifs is 1. The van der Waals surface area contributed by atoms with E-state index in [0.29, 0.717) is 19.0 Å². The summed E-state index contributed by atoms with van der Waals surface area (Å²) >= 11 is 0. The molecule has 1 aromatic carbocycles. The topological polar surface area (TPSA) is 58.3 Å². The lowest BCUT2D eigenvalue weighted by Gasteiger charge is -2.06. The third-order valence-corrected chi connectivity index (χ3v) is 2.25. The standard InChI is InChI=1S/C11H14N2O2/c1-2-8(14)7-12-11-13-9-5-3-4-6-10(9)15-11/h3-6,8,14H,2,7H2,1H3,(H,12,13). The van der Waals surface area contributed by atoms with Crippen LogP contribution in [0.3, 0.4) is 0 Å². The van der Waals surface area contributed by atoms with Gasteiger partial charge in [-0.05, 0) is 18.6 Å². The van der Waals surface area contributed by atoms with Gasteiger partial charge in [0.25, 0.3) is 6.01 Å². The number of anilines is 1. The first-order valence-electron chi connectivity index (χ1n) is 5.07. The van der Waals surface area contributed by atoms with E-state index < -0.39 is 0 Å². The van der Waals surface area contributed by atoms with Crippen LogP contribution in [0.4, 0.5) is 6.01 Å². The molecule has 0 amide bonds. The molecule has 0 aliphatic carbocycles. The van der Waals surface area contributed by atoms with Gasteiger partial charge in [-0.25, -0.2) is 0 Å². The van der Waals surface area contributed by atoms with Gasteiger partial charge in [-0.1, -0.05) is 19.1 Å². The number of aliphatic hydroxyl groups is 1.